The second kappa shape index (κ2) is 6.67. The molecule has 0 spiro atoms. The number of hydrogen-bond acceptors (Lipinski definition) is 3. The average Bonchev–Trinajstić information content (AvgIpc) is 2.89. The van der Waals surface area contributed by atoms with Gasteiger partial charge in [-0.15, -0.1) is 0 Å². The molecule has 1 aromatic heterocycles. The van der Waals surface area contributed by atoms with Gasteiger partial charge >= 0.3 is 5.91 Å². The third-order valence-electron chi connectivity index (χ3n) is 3.48. The molecule has 7 heteroatoms. The highest BCUT2D eigenvalue weighted by atomic mass is 79.9. The largest absolute Gasteiger partial charge is 0.451 e. The molecule has 0 unspecified atom stereocenters. The first-order chi connectivity index (χ1) is 11.5. The summed E-state index contributed by atoms with van der Waals surface area (Å²) < 4.78 is 6.46. The van der Waals surface area contributed by atoms with Gasteiger partial charge in [-0.2, -0.15) is 0 Å². The van der Waals surface area contributed by atoms with Gasteiger partial charge in [-0.05, 0) is 43.3 Å². The van der Waals surface area contributed by atoms with Crippen LogP contribution in [-0.2, 0) is 0 Å². The second-order valence-electron chi connectivity index (χ2n) is 5.12. The lowest BCUT2D eigenvalue weighted by Crippen LogP contribution is -2.41. The van der Waals surface area contributed by atoms with Gasteiger partial charge in [0.1, 0.15) is 5.58 Å². The second-order valence-corrected chi connectivity index (χ2v) is 6.47. The zero-order valence-electron chi connectivity index (χ0n) is 12.5. The minimum atomic E-state index is -0.532. The summed E-state index contributed by atoms with van der Waals surface area (Å²) in [5.74, 6) is -0.855. The van der Waals surface area contributed by atoms with E-state index in [0.29, 0.717) is 21.7 Å². The number of hydrogen-bond donors (Lipinski definition) is 2. The van der Waals surface area contributed by atoms with Crippen LogP contribution in [0.1, 0.15) is 26.5 Å². The molecule has 0 saturated carbocycles. The van der Waals surface area contributed by atoms with Crippen molar-refractivity contribution in [2.24, 2.45) is 0 Å². The summed E-state index contributed by atoms with van der Waals surface area (Å²) in [6.45, 7) is 1.78. The summed E-state index contributed by atoms with van der Waals surface area (Å²) >= 11 is 9.22. The Labute approximate surface area is 151 Å². The van der Waals surface area contributed by atoms with Gasteiger partial charge in [0.2, 0.25) is 0 Å². The minimum absolute atomic E-state index is 0.148. The van der Waals surface area contributed by atoms with Crippen LogP contribution in [0.25, 0.3) is 11.0 Å². The molecule has 2 aromatic carbocycles. The van der Waals surface area contributed by atoms with Crippen molar-refractivity contribution in [2.45, 2.75) is 6.92 Å². The van der Waals surface area contributed by atoms with Gasteiger partial charge < -0.3 is 4.42 Å². The standard InChI is InChI=1S/C17H12BrClN2O3/c1-9-13-8-11(18)5-6-14(13)24-15(9)17(23)21-20-16(22)10-3-2-4-12(19)7-10/h2-8H,1H3,(H,20,22)(H,21,23). The zero-order chi connectivity index (χ0) is 17.3. The summed E-state index contributed by atoms with van der Waals surface area (Å²) in [5.41, 5.74) is 6.32. The highest BCUT2D eigenvalue weighted by Gasteiger charge is 2.18. The lowest BCUT2D eigenvalue weighted by molar-refractivity contribution is 0.0831. The Bertz CT molecular complexity index is 952. The van der Waals surface area contributed by atoms with Crippen LogP contribution in [0.3, 0.4) is 0 Å². The Balaban J connectivity index is 1.76. The first-order valence-corrected chi connectivity index (χ1v) is 8.17. The Morgan fingerprint density at radius 2 is 1.83 bits per heavy atom. The van der Waals surface area contributed by atoms with E-state index in [2.05, 4.69) is 26.8 Å². The molecule has 0 atom stereocenters. The van der Waals surface area contributed by atoms with Gasteiger partial charge in [0.25, 0.3) is 5.91 Å². The Hall–Kier alpha value is -2.31. The van der Waals surface area contributed by atoms with E-state index in [1.165, 1.54) is 6.07 Å². The van der Waals surface area contributed by atoms with Gasteiger partial charge in [-0.3, -0.25) is 20.4 Å². The molecule has 5 nitrogen and oxygen atoms in total. The van der Waals surface area contributed by atoms with Gasteiger partial charge in [0, 0.05) is 26.0 Å². The van der Waals surface area contributed by atoms with Gasteiger partial charge in [0.05, 0.1) is 0 Å². The Morgan fingerprint density at radius 1 is 1.08 bits per heavy atom. The molecule has 3 aromatic rings. The molecule has 0 aliphatic carbocycles. The number of hydrazine groups is 1. The molecule has 3 rings (SSSR count). The van der Waals surface area contributed by atoms with E-state index in [1.54, 1.807) is 31.2 Å². The van der Waals surface area contributed by atoms with E-state index in [4.69, 9.17) is 16.0 Å². The van der Waals surface area contributed by atoms with Crippen molar-refractivity contribution in [3.05, 3.63) is 68.8 Å². The summed E-state index contributed by atoms with van der Waals surface area (Å²) in [6, 6.07) is 11.9. The quantitative estimate of drug-likeness (QED) is 0.624. The molecule has 24 heavy (non-hydrogen) atoms. The minimum Gasteiger partial charge on any atom is -0.451 e. The van der Waals surface area contributed by atoms with Crippen molar-refractivity contribution in [3.8, 4) is 0 Å². The van der Waals surface area contributed by atoms with Crippen molar-refractivity contribution < 1.29 is 14.0 Å². The highest BCUT2D eigenvalue weighted by Crippen LogP contribution is 2.27. The maximum atomic E-state index is 12.3. The molecule has 0 bridgehead atoms. The third-order valence-corrected chi connectivity index (χ3v) is 4.21. The van der Waals surface area contributed by atoms with E-state index in [0.717, 1.165) is 9.86 Å². The predicted molar refractivity (Wildman–Crippen MR) is 95.0 cm³/mol. The fourth-order valence-electron chi connectivity index (χ4n) is 2.28. The lowest BCUT2D eigenvalue weighted by atomic mass is 10.1. The number of amides is 2. The maximum Gasteiger partial charge on any atom is 0.305 e. The van der Waals surface area contributed by atoms with Gasteiger partial charge in [-0.25, -0.2) is 0 Å². The van der Waals surface area contributed by atoms with Crippen LogP contribution in [0.5, 0.6) is 0 Å². The third kappa shape index (κ3) is 3.29. The van der Waals surface area contributed by atoms with Crippen LogP contribution < -0.4 is 10.9 Å². The highest BCUT2D eigenvalue weighted by molar-refractivity contribution is 9.10. The molecule has 0 aliphatic heterocycles. The molecule has 2 N–H and O–H groups in total. The predicted octanol–water partition coefficient (Wildman–Crippen LogP) is 4.23. The van der Waals surface area contributed by atoms with Crippen molar-refractivity contribution >= 4 is 50.3 Å². The van der Waals surface area contributed by atoms with Crippen molar-refractivity contribution in [3.63, 3.8) is 0 Å². The number of nitrogens with one attached hydrogen (secondary N) is 2. The molecular weight excluding hydrogens is 396 g/mol. The van der Waals surface area contributed by atoms with Gasteiger partial charge in [0.15, 0.2) is 5.76 Å². The number of carbonyl (C=O) groups is 2. The zero-order valence-corrected chi connectivity index (χ0v) is 14.9. The molecule has 0 saturated heterocycles. The maximum absolute atomic E-state index is 12.3. The van der Waals surface area contributed by atoms with Crippen molar-refractivity contribution in [2.75, 3.05) is 0 Å². The van der Waals surface area contributed by atoms with Crippen LogP contribution in [-0.4, -0.2) is 11.8 Å². The smallest absolute Gasteiger partial charge is 0.305 e. The van der Waals surface area contributed by atoms with Crippen LogP contribution >= 0.6 is 27.5 Å². The average molecular weight is 408 g/mol. The fourth-order valence-corrected chi connectivity index (χ4v) is 2.83. The van der Waals surface area contributed by atoms with E-state index >= 15 is 0 Å². The monoisotopic (exact) mass is 406 g/mol. The number of furan rings is 1. The summed E-state index contributed by atoms with van der Waals surface area (Å²) in [4.78, 5) is 24.3. The Kier molecular flexibility index (Phi) is 4.59. The van der Waals surface area contributed by atoms with Crippen LogP contribution in [0, 0.1) is 6.92 Å². The first kappa shape index (κ1) is 16.5. The molecule has 122 valence electrons. The number of rotatable bonds is 2. The lowest BCUT2D eigenvalue weighted by Gasteiger charge is -2.06. The molecule has 0 radical (unpaired) electrons. The molecule has 2 amide bonds. The Morgan fingerprint density at radius 3 is 2.58 bits per heavy atom. The van der Waals surface area contributed by atoms with E-state index < -0.39 is 11.8 Å². The number of benzene rings is 2. The molecular formula is C17H12BrClN2O3. The summed E-state index contributed by atoms with van der Waals surface area (Å²) in [7, 11) is 0. The van der Waals surface area contributed by atoms with E-state index in [-0.39, 0.29) is 5.76 Å². The van der Waals surface area contributed by atoms with E-state index in [9.17, 15) is 9.59 Å². The molecule has 0 fully saturated rings. The topological polar surface area (TPSA) is 71.3 Å². The van der Waals surface area contributed by atoms with Crippen molar-refractivity contribution in [1.82, 2.24) is 10.9 Å². The van der Waals surface area contributed by atoms with E-state index in [1.807, 2.05) is 12.1 Å². The van der Waals surface area contributed by atoms with Crippen LogP contribution in [0.4, 0.5) is 0 Å². The number of carbonyl (C=O) groups excluding carboxylic acids is 2. The molecule has 1 heterocycles. The van der Waals surface area contributed by atoms with Crippen LogP contribution in [0.15, 0.2) is 51.4 Å². The number of aryl methyl sites for hydroxylation is 1. The van der Waals surface area contributed by atoms with Crippen LogP contribution in [0.2, 0.25) is 5.02 Å². The summed E-state index contributed by atoms with van der Waals surface area (Å²) in [5, 5.41) is 1.27. The fraction of sp³-hybridized carbons (Fsp3) is 0.0588. The first-order valence-electron chi connectivity index (χ1n) is 7.00. The van der Waals surface area contributed by atoms with Gasteiger partial charge in [-0.1, -0.05) is 33.6 Å². The normalized spacial score (nSPS) is 10.6. The van der Waals surface area contributed by atoms with Crippen molar-refractivity contribution in [1.29, 1.82) is 0 Å². The molecule has 0 aliphatic rings. The summed E-state index contributed by atoms with van der Waals surface area (Å²) in [6.07, 6.45) is 0. The SMILES string of the molecule is Cc1c(C(=O)NNC(=O)c2cccc(Cl)c2)oc2ccc(Br)cc12. The number of halogens is 2. The number of fused-ring (bicyclic) bond motifs is 1.